The molecule has 0 spiro atoms. The van der Waals surface area contributed by atoms with E-state index in [0.29, 0.717) is 0 Å². The average Bonchev–Trinajstić information content (AvgIpc) is 2.25. The van der Waals surface area contributed by atoms with Gasteiger partial charge in [-0.3, -0.25) is 0 Å². The minimum atomic E-state index is -5.37. The molecule has 0 aliphatic heterocycles. The molecule has 0 bridgehead atoms. The minimum Gasteiger partial charge on any atom is -0.403 e. The van der Waals surface area contributed by atoms with Crippen LogP contribution in [0.3, 0.4) is 0 Å². The number of nitrogens with zero attached hydrogens (tertiary/aromatic N) is 1. The van der Waals surface area contributed by atoms with Crippen molar-refractivity contribution in [3.8, 4) is 5.75 Å². The number of pyridine rings is 1. The van der Waals surface area contributed by atoms with Crippen LogP contribution < -0.4 is 10.5 Å². The molecular formula is C9H6F8N2O. The molecule has 1 rings (SSSR count). The van der Waals surface area contributed by atoms with E-state index < -0.39 is 48.2 Å². The summed E-state index contributed by atoms with van der Waals surface area (Å²) in [5.41, 5.74) is 0.512. The van der Waals surface area contributed by atoms with Crippen LogP contribution in [0.1, 0.15) is 23.4 Å². The van der Waals surface area contributed by atoms with Crippen molar-refractivity contribution in [1.29, 1.82) is 0 Å². The number of nitrogens with two attached hydrogens (primary N) is 1. The van der Waals surface area contributed by atoms with Gasteiger partial charge >= 0.3 is 12.5 Å². The van der Waals surface area contributed by atoms with E-state index in [1.165, 1.54) is 0 Å². The Hall–Kier alpha value is -1.65. The maximum Gasteiger partial charge on any atom is 0.573 e. The molecule has 0 atom stereocenters. The summed E-state index contributed by atoms with van der Waals surface area (Å²) < 4.78 is 102. The third-order valence-corrected chi connectivity index (χ3v) is 2.01. The molecule has 1 heterocycles. The number of ether oxygens (including phenoxy) is 1. The average molecular weight is 310 g/mol. The highest BCUT2D eigenvalue weighted by molar-refractivity contribution is 5.41. The maximum atomic E-state index is 12.6. The van der Waals surface area contributed by atoms with Gasteiger partial charge in [0.1, 0.15) is 5.69 Å². The summed E-state index contributed by atoms with van der Waals surface area (Å²) in [5, 5.41) is 0. The second kappa shape index (κ2) is 5.38. The topological polar surface area (TPSA) is 48.1 Å². The molecule has 0 aliphatic rings. The SMILES string of the molecule is NCc1nc(C(F)(F)F)cc(C(F)F)c1OC(F)(F)F. The zero-order chi connectivity index (χ0) is 15.7. The largest absolute Gasteiger partial charge is 0.573 e. The fourth-order valence-electron chi connectivity index (χ4n) is 1.29. The first-order valence-corrected chi connectivity index (χ1v) is 4.80. The molecule has 0 aromatic carbocycles. The third-order valence-electron chi connectivity index (χ3n) is 2.01. The van der Waals surface area contributed by atoms with Crippen molar-refractivity contribution in [3.63, 3.8) is 0 Å². The highest BCUT2D eigenvalue weighted by Gasteiger charge is 2.39. The van der Waals surface area contributed by atoms with Crippen molar-refractivity contribution in [2.45, 2.75) is 25.5 Å². The summed E-state index contributed by atoms with van der Waals surface area (Å²) in [7, 11) is 0. The van der Waals surface area contributed by atoms with Crippen LogP contribution in [0, 0.1) is 0 Å². The van der Waals surface area contributed by atoms with E-state index in [0.717, 1.165) is 0 Å². The van der Waals surface area contributed by atoms with Gasteiger partial charge in [0.2, 0.25) is 0 Å². The fraction of sp³-hybridized carbons (Fsp3) is 0.444. The molecule has 1 aromatic heterocycles. The number of alkyl halides is 8. The normalized spacial score (nSPS) is 12.9. The lowest BCUT2D eigenvalue weighted by molar-refractivity contribution is -0.275. The number of aromatic nitrogens is 1. The van der Waals surface area contributed by atoms with Gasteiger partial charge in [0.05, 0.1) is 11.3 Å². The second-order valence-corrected chi connectivity index (χ2v) is 3.42. The van der Waals surface area contributed by atoms with Gasteiger partial charge in [-0.2, -0.15) is 13.2 Å². The van der Waals surface area contributed by atoms with Crippen LogP contribution in [-0.2, 0) is 12.7 Å². The Kier molecular flexibility index (Phi) is 4.42. The van der Waals surface area contributed by atoms with Gasteiger partial charge in [-0.1, -0.05) is 0 Å². The molecule has 0 fully saturated rings. The van der Waals surface area contributed by atoms with Gasteiger partial charge < -0.3 is 10.5 Å². The van der Waals surface area contributed by atoms with E-state index in [4.69, 9.17) is 5.73 Å². The number of hydrogen-bond donors (Lipinski definition) is 1. The van der Waals surface area contributed by atoms with Gasteiger partial charge in [0, 0.05) is 6.54 Å². The quantitative estimate of drug-likeness (QED) is 0.871. The summed E-state index contributed by atoms with van der Waals surface area (Å²) >= 11 is 0. The van der Waals surface area contributed by atoms with E-state index in [2.05, 4.69) is 9.72 Å². The molecule has 0 aliphatic carbocycles. The lowest BCUT2D eigenvalue weighted by Crippen LogP contribution is -2.22. The molecule has 1 aromatic rings. The zero-order valence-corrected chi connectivity index (χ0v) is 9.32. The second-order valence-electron chi connectivity index (χ2n) is 3.42. The molecule has 0 saturated carbocycles. The maximum absolute atomic E-state index is 12.6. The lowest BCUT2D eigenvalue weighted by atomic mass is 10.1. The Morgan fingerprint density at radius 1 is 1.15 bits per heavy atom. The summed E-state index contributed by atoms with van der Waals surface area (Å²) in [6.45, 7) is -0.935. The van der Waals surface area contributed by atoms with Gasteiger partial charge in [0.15, 0.2) is 5.75 Å². The Balaban J connectivity index is 3.49. The first-order chi connectivity index (χ1) is 8.95. The van der Waals surface area contributed by atoms with Crippen molar-refractivity contribution in [1.82, 2.24) is 4.98 Å². The predicted octanol–water partition coefficient (Wildman–Crippen LogP) is 3.40. The summed E-state index contributed by atoms with van der Waals surface area (Å²) in [6.07, 6.45) is -14.1. The van der Waals surface area contributed by atoms with Gasteiger partial charge in [-0.05, 0) is 6.07 Å². The van der Waals surface area contributed by atoms with E-state index in [-0.39, 0.29) is 6.07 Å². The minimum absolute atomic E-state index is 0.203. The molecule has 3 nitrogen and oxygen atoms in total. The van der Waals surface area contributed by atoms with Crippen LogP contribution in [0.4, 0.5) is 35.1 Å². The summed E-state index contributed by atoms with van der Waals surface area (Å²) in [5.74, 6) is -1.51. The molecule has 0 unspecified atom stereocenters. The molecule has 0 saturated heterocycles. The molecular weight excluding hydrogens is 304 g/mol. The van der Waals surface area contributed by atoms with Crippen LogP contribution in [0.15, 0.2) is 6.07 Å². The molecule has 2 N–H and O–H groups in total. The molecule has 114 valence electrons. The molecule has 11 heteroatoms. The third kappa shape index (κ3) is 3.92. The van der Waals surface area contributed by atoms with Crippen molar-refractivity contribution < 1.29 is 39.9 Å². The van der Waals surface area contributed by atoms with Gasteiger partial charge in [-0.25, -0.2) is 13.8 Å². The van der Waals surface area contributed by atoms with Crippen LogP contribution in [0.5, 0.6) is 5.75 Å². The van der Waals surface area contributed by atoms with Crippen molar-refractivity contribution >= 4 is 0 Å². The zero-order valence-electron chi connectivity index (χ0n) is 9.32. The summed E-state index contributed by atoms with van der Waals surface area (Å²) in [6, 6.07) is -0.203. The van der Waals surface area contributed by atoms with Crippen LogP contribution in [0.2, 0.25) is 0 Å². The van der Waals surface area contributed by atoms with Crippen molar-refractivity contribution in [2.75, 3.05) is 0 Å². The number of halogens is 8. The number of hydrogen-bond acceptors (Lipinski definition) is 3. The van der Waals surface area contributed by atoms with E-state index >= 15 is 0 Å². The lowest BCUT2D eigenvalue weighted by Gasteiger charge is -2.17. The standard InChI is InChI=1S/C9H6F8N2O/c10-7(11)3-1-5(8(12,13)14)19-4(2-18)6(3)20-9(15,16)17/h1,7H,2,18H2. The highest BCUT2D eigenvalue weighted by Crippen LogP contribution is 2.39. The smallest absolute Gasteiger partial charge is 0.403 e. The van der Waals surface area contributed by atoms with E-state index in [9.17, 15) is 35.1 Å². The van der Waals surface area contributed by atoms with Crippen LogP contribution in [0.25, 0.3) is 0 Å². The number of rotatable bonds is 3. The first kappa shape index (κ1) is 16.4. The van der Waals surface area contributed by atoms with Crippen LogP contribution in [-0.4, -0.2) is 11.3 Å². The first-order valence-electron chi connectivity index (χ1n) is 4.80. The molecule has 0 amide bonds. The predicted molar refractivity (Wildman–Crippen MR) is 48.8 cm³/mol. The van der Waals surface area contributed by atoms with Gasteiger partial charge in [0.25, 0.3) is 6.43 Å². The van der Waals surface area contributed by atoms with Crippen molar-refractivity contribution in [2.24, 2.45) is 5.73 Å². The van der Waals surface area contributed by atoms with E-state index in [1.807, 2.05) is 0 Å². The highest BCUT2D eigenvalue weighted by atomic mass is 19.4. The Labute approximate surface area is 106 Å². The van der Waals surface area contributed by atoms with Crippen molar-refractivity contribution in [3.05, 3.63) is 23.0 Å². The molecule has 0 radical (unpaired) electrons. The molecule has 20 heavy (non-hydrogen) atoms. The van der Waals surface area contributed by atoms with Crippen LogP contribution >= 0.6 is 0 Å². The monoisotopic (exact) mass is 310 g/mol. The Morgan fingerprint density at radius 2 is 1.70 bits per heavy atom. The van der Waals surface area contributed by atoms with Gasteiger partial charge in [-0.15, -0.1) is 13.2 Å². The van der Waals surface area contributed by atoms with E-state index in [1.54, 1.807) is 0 Å². The Bertz CT molecular complexity index is 482. The summed E-state index contributed by atoms with van der Waals surface area (Å²) in [4.78, 5) is 2.78. The Morgan fingerprint density at radius 3 is 2.05 bits per heavy atom. The fourth-order valence-corrected chi connectivity index (χ4v) is 1.29.